The van der Waals surface area contributed by atoms with Gasteiger partial charge in [-0.15, -0.1) is 0 Å². The summed E-state index contributed by atoms with van der Waals surface area (Å²) in [6.07, 6.45) is 2.82. The highest BCUT2D eigenvalue weighted by molar-refractivity contribution is 5.89. The van der Waals surface area contributed by atoms with E-state index in [-0.39, 0.29) is 18.3 Å². The van der Waals surface area contributed by atoms with Gasteiger partial charge in [-0.05, 0) is 56.2 Å². The van der Waals surface area contributed by atoms with Crippen LogP contribution in [0, 0.1) is 0 Å². The van der Waals surface area contributed by atoms with E-state index in [4.69, 9.17) is 9.47 Å². The van der Waals surface area contributed by atoms with E-state index in [9.17, 15) is 15.0 Å². The number of carbonyl (C=O) groups excluding carboxylic acids is 1. The Labute approximate surface area is 176 Å². The third-order valence-electron chi connectivity index (χ3n) is 5.00. The number of phenolic OH excluding ortho intramolecular Hbond substituents is 1. The number of nitrogens with one attached hydrogen (secondary N) is 1. The Kier molecular flexibility index (Phi) is 7.87. The fourth-order valence-electron chi connectivity index (χ4n) is 3.32. The van der Waals surface area contributed by atoms with Gasteiger partial charge in [-0.1, -0.05) is 0 Å². The highest BCUT2D eigenvalue weighted by atomic mass is 16.5. The number of anilines is 1. The summed E-state index contributed by atoms with van der Waals surface area (Å²) in [5.74, 6) is 1.29. The molecule has 1 fully saturated rings. The summed E-state index contributed by atoms with van der Waals surface area (Å²) in [6, 6.07) is 10.3. The van der Waals surface area contributed by atoms with E-state index < -0.39 is 6.10 Å². The molecular weight excluding hydrogens is 386 g/mol. The van der Waals surface area contributed by atoms with E-state index in [1.165, 1.54) is 0 Å². The molecule has 1 saturated heterocycles. The van der Waals surface area contributed by atoms with Crippen LogP contribution in [-0.2, 0) is 4.74 Å². The van der Waals surface area contributed by atoms with Crippen LogP contribution in [0.3, 0.4) is 0 Å². The molecule has 0 amide bonds. The van der Waals surface area contributed by atoms with Crippen molar-refractivity contribution in [2.45, 2.75) is 31.9 Å². The molecular formula is C22H29N3O5. The van der Waals surface area contributed by atoms with Gasteiger partial charge in [0.05, 0.1) is 12.2 Å². The van der Waals surface area contributed by atoms with Gasteiger partial charge in [-0.3, -0.25) is 0 Å². The number of aliphatic hydroxyl groups excluding tert-OH is 1. The lowest BCUT2D eigenvalue weighted by molar-refractivity contribution is 0.0526. The molecule has 0 bridgehead atoms. The lowest BCUT2D eigenvalue weighted by atomic mass is 10.0. The number of aromatic hydroxyl groups is 1. The first-order valence-electron chi connectivity index (χ1n) is 10.3. The molecule has 1 aromatic heterocycles. The largest absolute Gasteiger partial charge is 0.508 e. The summed E-state index contributed by atoms with van der Waals surface area (Å²) < 4.78 is 10.5. The van der Waals surface area contributed by atoms with Crippen molar-refractivity contribution in [3.8, 4) is 11.5 Å². The Balaban J connectivity index is 1.37. The van der Waals surface area contributed by atoms with Crippen molar-refractivity contribution < 1.29 is 24.5 Å². The molecule has 0 spiro atoms. The molecule has 2 heterocycles. The Bertz CT molecular complexity index is 789. The maximum Gasteiger partial charge on any atom is 0.339 e. The van der Waals surface area contributed by atoms with Crippen molar-refractivity contribution in [1.29, 1.82) is 0 Å². The molecule has 30 heavy (non-hydrogen) atoms. The summed E-state index contributed by atoms with van der Waals surface area (Å²) in [4.78, 5) is 18.3. The average Bonchev–Trinajstić information content (AvgIpc) is 2.78. The summed E-state index contributed by atoms with van der Waals surface area (Å²) in [6.45, 7) is 4.47. The smallest absolute Gasteiger partial charge is 0.339 e. The number of ether oxygens (including phenoxy) is 2. The SMILES string of the molecule is CCOC(=O)c1ccc(N2CCC(NC[C@H](O)COc3ccc(O)cc3)CC2)nc1. The first kappa shape index (κ1) is 21.9. The van der Waals surface area contributed by atoms with Gasteiger partial charge < -0.3 is 29.9 Å². The molecule has 0 aliphatic carbocycles. The highest BCUT2D eigenvalue weighted by Crippen LogP contribution is 2.19. The number of aliphatic hydroxyl groups is 1. The zero-order chi connectivity index (χ0) is 21.3. The van der Waals surface area contributed by atoms with Gasteiger partial charge in [0.25, 0.3) is 0 Å². The van der Waals surface area contributed by atoms with Gasteiger partial charge in [-0.25, -0.2) is 9.78 Å². The lowest BCUT2D eigenvalue weighted by Gasteiger charge is -2.33. The second-order valence-corrected chi connectivity index (χ2v) is 7.25. The molecule has 162 valence electrons. The van der Waals surface area contributed by atoms with Gasteiger partial charge in [0.1, 0.15) is 30.0 Å². The van der Waals surface area contributed by atoms with Crippen molar-refractivity contribution in [3.05, 3.63) is 48.2 Å². The number of hydrogen-bond donors (Lipinski definition) is 3. The molecule has 0 radical (unpaired) electrons. The van der Waals surface area contributed by atoms with E-state index in [1.807, 2.05) is 6.07 Å². The molecule has 3 rings (SSSR count). The number of carbonyl (C=O) groups is 1. The predicted molar refractivity (Wildman–Crippen MR) is 113 cm³/mol. The van der Waals surface area contributed by atoms with Gasteiger partial charge in [0.15, 0.2) is 0 Å². The van der Waals surface area contributed by atoms with Crippen LogP contribution in [0.15, 0.2) is 42.6 Å². The number of aromatic nitrogens is 1. The number of esters is 1. The molecule has 1 aliphatic rings. The molecule has 8 heteroatoms. The fourth-order valence-corrected chi connectivity index (χ4v) is 3.32. The first-order chi connectivity index (χ1) is 14.5. The van der Waals surface area contributed by atoms with E-state index >= 15 is 0 Å². The van der Waals surface area contributed by atoms with Crippen LogP contribution in [-0.4, -0.2) is 66.2 Å². The van der Waals surface area contributed by atoms with E-state index in [0.717, 1.165) is 31.7 Å². The number of phenols is 1. The number of rotatable bonds is 9. The Morgan fingerprint density at radius 3 is 2.60 bits per heavy atom. The maximum absolute atomic E-state index is 11.7. The standard InChI is InChI=1S/C22H29N3O5/c1-2-29-22(28)16-3-8-21(24-13-16)25-11-9-17(10-12-25)23-14-19(27)15-30-20-6-4-18(26)5-7-20/h3-8,13,17,19,23,26-27H,2,9-12,14-15H2,1H3/t19-/m0/s1. The third-order valence-corrected chi connectivity index (χ3v) is 5.00. The average molecular weight is 415 g/mol. The minimum atomic E-state index is -0.617. The molecule has 1 atom stereocenters. The van der Waals surface area contributed by atoms with Gasteiger partial charge in [-0.2, -0.15) is 0 Å². The van der Waals surface area contributed by atoms with Crippen molar-refractivity contribution in [3.63, 3.8) is 0 Å². The molecule has 8 nitrogen and oxygen atoms in total. The van der Waals surface area contributed by atoms with Gasteiger partial charge >= 0.3 is 5.97 Å². The topological polar surface area (TPSA) is 104 Å². The van der Waals surface area contributed by atoms with Crippen LogP contribution in [0.5, 0.6) is 11.5 Å². The van der Waals surface area contributed by atoms with E-state index in [0.29, 0.717) is 30.5 Å². The predicted octanol–water partition coefficient (Wildman–Crippen LogP) is 1.96. The fraction of sp³-hybridized carbons (Fsp3) is 0.455. The molecule has 2 aromatic rings. The molecule has 3 N–H and O–H groups in total. The minimum absolute atomic E-state index is 0.182. The summed E-state index contributed by atoms with van der Waals surface area (Å²) in [5, 5.41) is 22.8. The Morgan fingerprint density at radius 2 is 1.97 bits per heavy atom. The number of hydrogen-bond acceptors (Lipinski definition) is 8. The Morgan fingerprint density at radius 1 is 1.23 bits per heavy atom. The van der Waals surface area contributed by atoms with Crippen molar-refractivity contribution in [2.75, 3.05) is 37.7 Å². The monoisotopic (exact) mass is 415 g/mol. The van der Waals surface area contributed by atoms with Crippen LogP contribution in [0.25, 0.3) is 0 Å². The second kappa shape index (κ2) is 10.8. The van der Waals surface area contributed by atoms with Crippen molar-refractivity contribution >= 4 is 11.8 Å². The molecule has 0 unspecified atom stereocenters. The van der Waals surface area contributed by atoms with E-state index in [2.05, 4.69) is 15.2 Å². The highest BCUT2D eigenvalue weighted by Gasteiger charge is 2.21. The molecule has 0 saturated carbocycles. The minimum Gasteiger partial charge on any atom is -0.508 e. The second-order valence-electron chi connectivity index (χ2n) is 7.25. The number of benzene rings is 1. The number of pyridine rings is 1. The quantitative estimate of drug-likeness (QED) is 0.534. The van der Waals surface area contributed by atoms with Gasteiger partial charge in [0, 0.05) is 31.9 Å². The molecule has 1 aliphatic heterocycles. The normalized spacial score (nSPS) is 15.6. The maximum atomic E-state index is 11.7. The zero-order valence-corrected chi connectivity index (χ0v) is 17.2. The number of nitrogens with zero attached hydrogens (tertiary/aromatic N) is 2. The van der Waals surface area contributed by atoms with Crippen LogP contribution in [0.4, 0.5) is 5.82 Å². The van der Waals surface area contributed by atoms with Crippen LogP contribution in [0.1, 0.15) is 30.1 Å². The number of piperidine rings is 1. The van der Waals surface area contributed by atoms with Crippen LogP contribution in [0.2, 0.25) is 0 Å². The third kappa shape index (κ3) is 6.33. The van der Waals surface area contributed by atoms with E-state index in [1.54, 1.807) is 43.5 Å². The van der Waals surface area contributed by atoms with Crippen LogP contribution >= 0.6 is 0 Å². The molecule has 1 aromatic carbocycles. The zero-order valence-electron chi connectivity index (χ0n) is 17.2. The first-order valence-corrected chi connectivity index (χ1v) is 10.3. The van der Waals surface area contributed by atoms with Crippen molar-refractivity contribution in [1.82, 2.24) is 10.3 Å². The van der Waals surface area contributed by atoms with Gasteiger partial charge in [0.2, 0.25) is 0 Å². The summed E-state index contributed by atoms with van der Waals surface area (Å²) >= 11 is 0. The van der Waals surface area contributed by atoms with Crippen LogP contribution < -0.4 is 15.0 Å². The Hall–Kier alpha value is -2.84. The summed E-state index contributed by atoms with van der Waals surface area (Å²) in [5.41, 5.74) is 0.459. The lowest BCUT2D eigenvalue weighted by Crippen LogP contribution is -2.45. The summed E-state index contributed by atoms with van der Waals surface area (Å²) in [7, 11) is 0. The van der Waals surface area contributed by atoms with Crippen molar-refractivity contribution in [2.24, 2.45) is 0 Å².